The number of nitrogens with one attached hydrogen (secondary N) is 1. The van der Waals surface area contributed by atoms with E-state index in [0.717, 1.165) is 38.8 Å². The Labute approximate surface area is 159 Å². The molecule has 0 bridgehead atoms. The summed E-state index contributed by atoms with van der Waals surface area (Å²) >= 11 is 0. The number of nitrogen functional groups attached to an aromatic ring is 1. The maximum Gasteiger partial charge on any atom is 0.336 e. The lowest BCUT2D eigenvalue weighted by Crippen LogP contribution is -2.55. The number of nitrogens with zero attached hydrogens (tertiary/aromatic N) is 4. The van der Waals surface area contributed by atoms with Crippen LogP contribution in [0.15, 0.2) is 6.20 Å². The Morgan fingerprint density at radius 1 is 1.41 bits per heavy atom. The molecular weight excluding hydrogens is 344 g/mol. The van der Waals surface area contributed by atoms with Gasteiger partial charge in [0.2, 0.25) is 0 Å². The van der Waals surface area contributed by atoms with E-state index in [1.807, 2.05) is 6.92 Å². The van der Waals surface area contributed by atoms with E-state index in [0.29, 0.717) is 16.8 Å². The third-order valence-corrected chi connectivity index (χ3v) is 6.24. The van der Waals surface area contributed by atoms with Gasteiger partial charge in [0.05, 0.1) is 18.0 Å². The van der Waals surface area contributed by atoms with Crippen molar-refractivity contribution in [3.63, 3.8) is 0 Å². The number of aliphatic hydroxyl groups excluding tert-OH is 1. The Morgan fingerprint density at radius 3 is 2.78 bits per heavy atom. The van der Waals surface area contributed by atoms with Gasteiger partial charge in [0, 0.05) is 13.1 Å². The quantitative estimate of drug-likeness (QED) is 0.710. The topological polar surface area (TPSA) is 111 Å². The summed E-state index contributed by atoms with van der Waals surface area (Å²) in [6.07, 6.45) is 7.37. The van der Waals surface area contributed by atoms with Gasteiger partial charge in [-0.05, 0) is 50.4 Å². The molecule has 2 atom stereocenters. The van der Waals surface area contributed by atoms with Crippen molar-refractivity contribution in [2.24, 2.45) is 11.3 Å². The fourth-order valence-electron chi connectivity index (χ4n) is 4.44. The predicted octanol–water partition coefficient (Wildman–Crippen LogP) is 2.09. The molecule has 27 heavy (non-hydrogen) atoms. The number of ether oxygens (including phenoxy) is 1. The smallest absolute Gasteiger partial charge is 0.336 e. The number of hydrogen-bond acceptors (Lipinski definition) is 7. The summed E-state index contributed by atoms with van der Waals surface area (Å²) < 4.78 is 7.41. The fraction of sp³-hybridized carbons (Fsp3) is 0.737. The molecule has 4 rings (SSSR count). The van der Waals surface area contributed by atoms with E-state index in [9.17, 15) is 5.11 Å². The minimum absolute atomic E-state index is 0.00867. The first-order valence-electron chi connectivity index (χ1n) is 10.1. The second kappa shape index (κ2) is 7.24. The molecule has 1 saturated carbocycles. The summed E-state index contributed by atoms with van der Waals surface area (Å²) in [5, 5.41) is 18.9. The van der Waals surface area contributed by atoms with Crippen molar-refractivity contribution in [1.82, 2.24) is 24.9 Å². The predicted molar refractivity (Wildman–Crippen MR) is 102 cm³/mol. The lowest BCUT2D eigenvalue weighted by atomic mass is 9.66. The largest absolute Gasteiger partial charge is 0.459 e. The molecule has 1 aliphatic heterocycles. The van der Waals surface area contributed by atoms with E-state index in [1.54, 1.807) is 10.7 Å². The summed E-state index contributed by atoms with van der Waals surface area (Å²) in [5.74, 6) is 0.487. The lowest BCUT2D eigenvalue weighted by molar-refractivity contribution is 0.0194. The van der Waals surface area contributed by atoms with Crippen molar-refractivity contribution in [3.05, 3.63) is 11.9 Å². The molecule has 2 aromatic heterocycles. The molecule has 3 heterocycles. The number of imidazole rings is 1. The van der Waals surface area contributed by atoms with E-state index >= 15 is 0 Å². The molecule has 1 aliphatic carbocycles. The van der Waals surface area contributed by atoms with Crippen LogP contribution in [-0.2, 0) is 0 Å². The highest BCUT2D eigenvalue weighted by Crippen LogP contribution is 2.45. The number of hydrogen-bond donors (Lipinski definition) is 3. The van der Waals surface area contributed by atoms with Crippen LogP contribution in [-0.4, -0.2) is 43.9 Å². The molecule has 0 amide bonds. The summed E-state index contributed by atoms with van der Waals surface area (Å²) in [4.78, 5) is 8.55. The summed E-state index contributed by atoms with van der Waals surface area (Å²) in [6, 6.07) is 0.232. The van der Waals surface area contributed by atoms with Crippen LogP contribution in [0, 0.1) is 11.3 Å². The normalized spacial score (nSPS) is 21.9. The van der Waals surface area contributed by atoms with Gasteiger partial charge < -0.3 is 20.9 Å². The number of anilines is 1. The van der Waals surface area contributed by atoms with Crippen molar-refractivity contribution in [1.29, 1.82) is 0 Å². The lowest BCUT2D eigenvalue weighted by Gasteiger charge is -2.48. The average Bonchev–Trinajstić information content (AvgIpc) is 3.04. The van der Waals surface area contributed by atoms with Gasteiger partial charge in [0.1, 0.15) is 6.10 Å². The number of rotatable bonds is 6. The van der Waals surface area contributed by atoms with Crippen molar-refractivity contribution in [2.45, 2.75) is 64.6 Å². The SMILES string of the molecule is CCC[C@H](C)Oc1nc(N)c2ncc(C(O)C3CCC4(CC3)CNC4)n2n1. The van der Waals surface area contributed by atoms with E-state index < -0.39 is 6.10 Å². The molecule has 2 aliphatic rings. The van der Waals surface area contributed by atoms with E-state index in [1.165, 1.54) is 12.8 Å². The second-order valence-corrected chi connectivity index (χ2v) is 8.30. The summed E-state index contributed by atoms with van der Waals surface area (Å²) in [7, 11) is 0. The minimum atomic E-state index is -0.611. The first-order valence-corrected chi connectivity index (χ1v) is 10.1. The third kappa shape index (κ3) is 3.48. The van der Waals surface area contributed by atoms with Gasteiger partial charge in [0.15, 0.2) is 11.5 Å². The minimum Gasteiger partial charge on any atom is -0.459 e. The van der Waals surface area contributed by atoms with Crippen LogP contribution in [0.1, 0.15) is 64.2 Å². The molecule has 1 unspecified atom stereocenters. The van der Waals surface area contributed by atoms with Crippen LogP contribution in [0.5, 0.6) is 6.01 Å². The zero-order valence-electron chi connectivity index (χ0n) is 16.2. The Bertz CT molecular complexity index is 793. The zero-order valence-corrected chi connectivity index (χ0v) is 16.2. The summed E-state index contributed by atoms with van der Waals surface area (Å²) in [6.45, 7) is 6.33. The highest BCUT2D eigenvalue weighted by Gasteiger charge is 2.42. The molecule has 1 spiro atoms. The summed E-state index contributed by atoms with van der Waals surface area (Å²) in [5.41, 5.74) is 7.66. The number of fused-ring (bicyclic) bond motifs is 1. The standard InChI is InChI=1S/C19H30N6O2/c1-3-4-12(2)27-18-23-16(20)17-22-9-14(25(17)24-18)15(26)13-5-7-19(8-6-13)10-21-11-19/h9,12-13,15,21,26H,3-8,10-11H2,1-2H3,(H2,20,23,24)/t12-,15?/m0/s1. The van der Waals surface area contributed by atoms with Crippen molar-refractivity contribution >= 4 is 11.5 Å². The molecular formula is C19H30N6O2. The maximum absolute atomic E-state index is 11.0. The molecule has 8 nitrogen and oxygen atoms in total. The van der Waals surface area contributed by atoms with Crippen LogP contribution < -0.4 is 15.8 Å². The number of aliphatic hydroxyl groups is 1. The maximum atomic E-state index is 11.0. The molecule has 8 heteroatoms. The molecule has 2 fully saturated rings. The van der Waals surface area contributed by atoms with E-state index in [2.05, 4.69) is 27.3 Å². The van der Waals surface area contributed by atoms with Gasteiger partial charge in [-0.15, -0.1) is 5.10 Å². The molecule has 0 radical (unpaired) electrons. The molecule has 148 valence electrons. The van der Waals surface area contributed by atoms with Gasteiger partial charge in [-0.3, -0.25) is 0 Å². The van der Waals surface area contributed by atoms with Gasteiger partial charge in [0.25, 0.3) is 0 Å². The van der Waals surface area contributed by atoms with Crippen LogP contribution in [0.3, 0.4) is 0 Å². The van der Waals surface area contributed by atoms with Crippen LogP contribution in [0.4, 0.5) is 5.82 Å². The van der Waals surface area contributed by atoms with Crippen molar-refractivity contribution in [2.75, 3.05) is 18.8 Å². The van der Waals surface area contributed by atoms with E-state index in [4.69, 9.17) is 10.5 Å². The van der Waals surface area contributed by atoms with Gasteiger partial charge in [-0.1, -0.05) is 13.3 Å². The Kier molecular flexibility index (Phi) is 4.94. The monoisotopic (exact) mass is 374 g/mol. The average molecular weight is 374 g/mol. The highest BCUT2D eigenvalue weighted by atomic mass is 16.5. The number of nitrogens with two attached hydrogens (primary N) is 1. The van der Waals surface area contributed by atoms with Crippen LogP contribution >= 0.6 is 0 Å². The van der Waals surface area contributed by atoms with Crippen LogP contribution in [0.25, 0.3) is 5.65 Å². The van der Waals surface area contributed by atoms with Gasteiger partial charge >= 0.3 is 6.01 Å². The highest BCUT2D eigenvalue weighted by molar-refractivity contribution is 5.59. The molecule has 2 aromatic rings. The first-order chi connectivity index (χ1) is 13.0. The zero-order chi connectivity index (χ0) is 19.0. The second-order valence-electron chi connectivity index (χ2n) is 8.30. The Balaban J connectivity index is 1.55. The number of aromatic nitrogens is 4. The van der Waals surface area contributed by atoms with E-state index in [-0.39, 0.29) is 23.9 Å². The molecule has 0 aromatic carbocycles. The Hall–Kier alpha value is -1.93. The molecule has 4 N–H and O–H groups in total. The Morgan fingerprint density at radius 2 is 2.15 bits per heavy atom. The van der Waals surface area contributed by atoms with Gasteiger partial charge in [-0.2, -0.15) is 4.98 Å². The van der Waals surface area contributed by atoms with Crippen LogP contribution in [0.2, 0.25) is 0 Å². The van der Waals surface area contributed by atoms with Crippen molar-refractivity contribution in [3.8, 4) is 6.01 Å². The first kappa shape index (κ1) is 18.4. The fourth-order valence-corrected chi connectivity index (χ4v) is 4.44. The van der Waals surface area contributed by atoms with Gasteiger partial charge in [-0.25, -0.2) is 9.50 Å². The molecule has 1 saturated heterocycles. The van der Waals surface area contributed by atoms with Crippen molar-refractivity contribution < 1.29 is 9.84 Å². The third-order valence-electron chi connectivity index (χ3n) is 6.24.